The van der Waals surface area contributed by atoms with Gasteiger partial charge in [-0.15, -0.1) is 11.3 Å². The Hall–Kier alpha value is -1.92. The van der Waals surface area contributed by atoms with Gasteiger partial charge in [-0.25, -0.2) is 9.78 Å². The summed E-state index contributed by atoms with van der Waals surface area (Å²) >= 11 is 1.44. The molecule has 2 aromatic heterocycles. The fourth-order valence-corrected chi connectivity index (χ4v) is 2.70. The van der Waals surface area contributed by atoms with E-state index in [0.717, 1.165) is 21.1 Å². The molecule has 2 heterocycles. The van der Waals surface area contributed by atoms with E-state index in [0.29, 0.717) is 11.1 Å². The van der Waals surface area contributed by atoms with Gasteiger partial charge in [0.2, 0.25) is 0 Å². The third kappa shape index (κ3) is 1.75. The average molecular weight is 262 g/mol. The van der Waals surface area contributed by atoms with E-state index in [1.807, 2.05) is 13.0 Å². The molecule has 0 aliphatic heterocycles. The molecule has 0 saturated heterocycles. The molecule has 0 unspecified atom stereocenters. The summed E-state index contributed by atoms with van der Waals surface area (Å²) < 4.78 is 5.01. The molecule has 6 heteroatoms. The van der Waals surface area contributed by atoms with Crippen LogP contribution in [-0.2, 0) is 6.61 Å². The van der Waals surface area contributed by atoms with Gasteiger partial charge in [0.15, 0.2) is 5.58 Å². The Morgan fingerprint density at radius 3 is 3.06 bits per heavy atom. The van der Waals surface area contributed by atoms with Crippen LogP contribution in [0.5, 0.6) is 0 Å². The Kier molecular flexibility index (Phi) is 2.53. The quantitative estimate of drug-likeness (QED) is 0.740. The smallest absolute Gasteiger partial charge is 0.408 e. The van der Waals surface area contributed by atoms with E-state index >= 15 is 0 Å². The van der Waals surface area contributed by atoms with E-state index in [2.05, 4.69) is 9.97 Å². The molecule has 2 N–H and O–H groups in total. The van der Waals surface area contributed by atoms with Crippen molar-refractivity contribution in [3.63, 3.8) is 0 Å². The highest BCUT2D eigenvalue weighted by molar-refractivity contribution is 7.15. The normalized spacial score (nSPS) is 11.2. The molecule has 0 radical (unpaired) electrons. The molecule has 0 amide bonds. The number of aliphatic hydroxyl groups is 1. The number of nitrogens with zero attached hydrogens (tertiary/aromatic N) is 1. The van der Waals surface area contributed by atoms with Gasteiger partial charge in [-0.05, 0) is 25.1 Å². The third-order valence-electron chi connectivity index (χ3n) is 2.70. The molecule has 0 atom stereocenters. The van der Waals surface area contributed by atoms with E-state index in [-0.39, 0.29) is 6.61 Å². The van der Waals surface area contributed by atoms with Gasteiger partial charge in [0.05, 0.1) is 22.7 Å². The van der Waals surface area contributed by atoms with E-state index in [1.54, 1.807) is 12.1 Å². The number of aryl methyl sites for hydroxylation is 1. The van der Waals surface area contributed by atoms with Crippen LogP contribution in [0.4, 0.5) is 0 Å². The lowest BCUT2D eigenvalue weighted by molar-refractivity contribution is 0.284. The number of thiazole rings is 1. The zero-order valence-corrected chi connectivity index (χ0v) is 10.4. The molecule has 0 saturated carbocycles. The van der Waals surface area contributed by atoms with Crippen molar-refractivity contribution in [1.82, 2.24) is 9.97 Å². The number of fused-ring (bicyclic) bond motifs is 1. The van der Waals surface area contributed by atoms with Gasteiger partial charge in [-0.2, -0.15) is 0 Å². The summed E-state index contributed by atoms with van der Waals surface area (Å²) in [5.74, 6) is -0.464. The van der Waals surface area contributed by atoms with E-state index in [9.17, 15) is 4.79 Å². The molecule has 0 aliphatic rings. The molecular weight excluding hydrogens is 252 g/mol. The highest BCUT2D eigenvalue weighted by Gasteiger charge is 2.10. The lowest BCUT2D eigenvalue weighted by atomic mass is 10.2. The number of rotatable bonds is 2. The Labute approximate surface area is 106 Å². The molecule has 0 aliphatic carbocycles. The summed E-state index contributed by atoms with van der Waals surface area (Å²) in [5, 5.41) is 9.97. The van der Waals surface area contributed by atoms with Crippen LogP contribution >= 0.6 is 11.3 Å². The number of aliphatic hydroxyl groups excluding tert-OH is 1. The number of oxazole rings is 1. The lowest BCUT2D eigenvalue weighted by Gasteiger charge is -1.94. The number of benzene rings is 1. The maximum Gasteiger partial charge on any atom is 0.417 e. The van der Waals surface area contributed by atoms with Gasteiger partial charge in [0.1, 0.15) is 5.01 Å². The maximum absolute atomic E-state index is 11.1. The zero-order valence-electron chi connectivity index (χ0n) is 9.56. The van der Waals surface area contributed by atoms with Crippen LogP contribution in [0.3, 0.4) is 0 Å². The second-order valence-corrected chi connectivity index (χ2v) is 4.99. The maximum atomic E-state index is 11.1. The largest absolute Gasteiger partial charge is 0.417 e. The molecule has 1 aromatic carbocycles. The zero-order chi connectivity index (χ0) is 12.7. The van der Waals surface area contributed by atoms with Gasteiger partial charge in [0, 0.05) is 5.56 Å². The number of hydrogen-bond acceptors (Lipinski definition) is 5. The van der Waals surface area contributed by atoms with Crippen LogP contribution in [-0.4, -0.2) is 15.1 Å². The monoisotopic (exact) mass is 262 g/mol. The predicted molar refractivity (Wildman–Crippen MR) is 68.6 cm³/mol. The lowest BCUT2D eigenvalue weighted by Crippen LogP contribution is -1.92. The first-order valence-corrected chi connectivity index (χ1v) is 6.19. The third-order valence-corrected chi connectivity index (χ3v) is 3.90. The predicted octanol–water partition coefficient (Wildman–Crippen LogP) is 2.05. The Morgan fingerprint density at radius 2 is 2.33 bits per heavy atom. The molecular formula is C12H10N2O3S. The summed E-state index contributed by atoms with van der Waals surface area (Å²) in [5.41, 5.74) is 2.88. The second kappa shape index (κ2) is 4.08. The van der Waals surface area contributed by atoms with Crippen molar-refractivity contribution in [2.24, 2.45) is 0 Å². The summed E-state index contributed by atoms with van der Waals surface area (Å²) in [6.07, 6.45) is 0. The summed E-state index contributed by atoms with van der Waals surface area (Å²) in [6, 6.07) is 5.42. The van der Waals surface area contributed by atoms with Crippen LogP contribution < -0.4 is 5.76 Å². The Bertz CT molecular complexity index is 769. The van der Waals surface area contributed by atoms with Gasteiger partial charge in [-0.1, -0.05) is 0 Å². The average Bonchev–Trinajstić information content (AvgIpc) is 2.89. The molecule has 92 valence electrons. The van der Waals surface area contributed by atoms with Crippen molar-refractivity contribution in [1.29, 1.82) is 0 Å². The summed E-state index contributed by atoms with van der Waals surface area (Å²) in [7, 11) is 0. The van der Waals surface area contributed by atoms with Crippen molar-refractivity contribution in [3.8, 4) is 10.6 Å². The van der Waals surface area contributed by atoms with Gasteiger partial charge >= 0.3 is 5.76 Å². The Morgan fingerprint density at radius 1 is 1.50 bits per heavy atom. The SMILES string of the molecule is Cc1nc(-c2ccc3[nH]c(=O)oc3c2)sc1CO. The van der Waals surface area contributed by atoms with Crippen molar-refractivity contribution >= 4 is 22.4 Å². The van der Waals surface area contributed by atoms with Crippen LogP contribution in [0.1, 0.15) is 10.6 Å². The fraction of sp³-hybridized carbons (Fsp3) is 0.167. The van der Waals surface area contributed by atoms with Gasteiger partial charge in [0.25, 0.3) is 0 Å². The number of H-pyrrole nitrogens is 1. The molecule has 18 heavy (non-hydrogen) atoms. The van der Waals surface area contributed by atoms with Crippen LogP contribution in [0, 0.1) is 6.92 Å². The fourth-order valence-electron chi connectivity index (χ4n) is 1.78. The highest BCUT2D eigenvalue weighted by atomic mass is 32.1. The number of aromatic amines is 1. The minimum absolute atomic E-state index is 0.00895. The molecule has 0 fully saturated rings. The van der Waals surface area contributed by atoms with Crippen molar-refractivity contribution in [3.05, 3.63) is 39.3 Å². The van der Waals surface area contributed by atoms with Crippen LogP contribution in [0.15, 0.2) is 27.4 Å². The van der Waals surface area contributed by atoms with Crippen LogP contribution in [0.2, 0.25) is 0 Å². The minimum atomic E-state index is -0.464. The first kappa shape index (κ1) is 11.2. The van der Waals surface area contributed by atoms with Crippen molar-refractivity contribution < 1.29 is 9.52 Å². The standard InChI is InChI=1S/C12H10N2O3S/c1-6-10(5-15)18-11(13-6)7-2-3-8-9(4-7)17-12(16)14-8/h2-4,15H,5H2,1H3,(H,14,16). The number of nitrogens with one attached hydrogen (secondary N) is 1. The molecule has 5 nitrogen and oxygen atoms in total. The van der Waals surface area contributed by atoms with Crippen LogP contribution in [0.25, 0.3) is 21.7 Å². The molecule has 0 bridgehead atoms. The molecule has 3 rings (SSSR count). The first-order chi connectivity index (χ1) is 8.67. The summed E-state index contributed by atoms with van der Waals surface area (Å²) in [4.78, 5) is 18.9. The van der Waals surface area contributed by atoms with E-state index in [1.165, 1.54) is 11.3 Å². The van der Waals surface area contributed by atoms with Crippen molar-refractivity contribution in [2.75, 3.05) is 0 Å². The molecule has 0 spiro atoms. The van der Waals surface area contributed by atoms with E-state index < -0.39 is 5.76 Å². The number of hydrogen-bond donors (Lipinski definition) is 2. The van der Waals surface area contributed by atoms with Gasteiger partial charge in [-0.3, -0.25) is 4.98 Å². The first-order valence-electron chi connectivity index (χ1n) is 5.38. The molecule has 3 aromatic rings. The number of aromatic nitrogens is 2. The Balaban J connectivity index is 2.15. The highest BCUT2D eigenvalue weighted by Crippen LogP contribution is 2.29. The minimum Gasteiger partial charge on any atom is -0.408 e. The van der Waals surface area contributed by atoms with Crippen molar-refractivity contribution in [2.45, 2.75) is 13.5 Å². The van der Waals surface area contributed by atoms with E-state index in [4.69, 9.17) is 9.52 Å². The topological polar surface area (TPSA) is 79.1 Å². The van der Waals surface area contributed by atoms with Gasteiger partial charge < -0.3 is 9.52 Å². The summed E-state index contributed by atoms with van der Waals surface area (Å²) in [6.45, 7) is 1.85. The second-order valence-electron chi connectivity index (χ2n) is 3.91.